The van der Waals surface area contributed by atoms with Crippen LogP contribution in [0.2, 0.25) is 0 Å². The highest BCUT2D eigenvalue weighted by atomic mass is 79.9. The Hall–Kier alpha value is -2.34. The van der Waals surface area contributed by atoms with E-state index >= 15 is 0 Å². The van der Waals surface area contributed by atoms with Crippen molar-refractivity contribution in [3.63, 3.8) is 0 Å². The molecule has 0 bridgehead atoms. The fourth-order valence-corrected chi connectivity index (χ4v) is 3.36. The Kier molecular flexibility index (Phi) is 4.81. The van der Waals surface area contributed by atoms with Crippen LogP contribution in [0.3, 0.4) is 0 Å². The van der Waals surface area contributed by atoms with Crippen LogP contribution in [0.5, 0.6) is 5.75 Å². The topological polar surface area (TPSA) is 49.9 Å². The molecule has 0 aromatic heterocycles. The van der Waals surface area contributed by atoms with Crippen LogP contribution in [0.4, 0.5) is 10.5 Å². The molecule has 130 valence electrons. The Morgan fingerprint density at radius 2 is 1.80 bits per heavy atom. The summed E-state index contributed by atoms with van der Waals surface area (Å²) < 4.78 is 6.22. The maximum atomic E-state index is 12.9. The van der Waals surface area contributed by atoms with Crippen molar-refractivity contribution >= 4 is 33.6 Å². The smallest absolute Gasteiger partial charge is 0.332 e. The number of aryl methyl sites for hydroxylation is 1. The Balaban J connectivity index is 1.91. The van der Waals surface area contributed by atoms with Crippen molar-refractivity contribution in [1.82, 2.24) is 4.90 Å². The summed E-state index contributed by atoms with van der Waals surface area (Å²) in [5.74, 6) is 0.429. The van der Waals surface area contributed by atoms with E-state index in [1.165, 1.54) is 9.80 Å². The van der Waals surface area contributed by atoms with Gasteiger partial charge in [0.05, 0.1) is 13.7 Å². The van der Waals surface area contributed by atoms with Crippen molar-refractivity contribution < 1.29 is 14.3 Å². The molecule has 1 aliphatic heterocycles. The summed E-state index contributed by atoms with van der Waals surface area (Å²) in [6, 6.07) is 12.3. The van der Waals surface area contributed by atoms with Gasteiger partial charge in [0, 0.05) is 15.7 Å². The Morgan fingerprint density at radius 1 is 1.12 bits per heavy atom. The first-order valence-corrected chi connectivity index (χ1v) is 8.75. The Morgan fingerprint density at radius 3 is 2.44 bits per heavy atom. The third-order valence-electron chi connectivity index (χ3n) is 4.33. The molecule has 0 N–H and O–H groups in total. The van der Waals surface area contributed by atoms with Gasteiger partial charge in [-0.05, 0) is 44.2 Å². The van der Waals surface area contributed by atoms with E-state index in [1.54, 1.807) is 14.0 Å². The molecule has 0 radical (unpaired) electrons. The molecule has 1 heterocycles. The predicted octanol–water partition coefficient (Wildman–Crippen LogP) is 4.12. The number of hydrogen-bond acceptors (Lipinski definition) is 3. The van der Waals surface area contributed by atoms with E-state index in [4.69, 9.17) is 4.74 Å². The monoisotopic (exact) mass is 402 g/mol. The molecule has 2 aromatic rings. The van der Waals surface area contributed by atoms with Gasteiger partial charge in [0.1, 0.15) is 11.8 Å². The van der Waals surface area contributed by atoms with Crippen molar-refractivity contribution in [3.8, 4) is 5.75 Å². The molecule has 3 amide bonds. The number of carbonyl (C=O) groups excluding carboxylic acids is 2. The molecule has 0 saturated carbocycles. The van der Waals surface area contributed by atoms with Crippen LogP contribution in [0, 0.1) is 6.92 Å². The number of halogens is 1. The summed E-state index contributed by atoms with van der Waals surface area (Å²) in [5.41, 5.74) is 2.60. The summed E-state index contributed by atoms with van der Waals surface area (Å²) in [5, 5.41) is 0. The molecule has 0 spiro atoms. The fourth-order valence-electron chi connectivity index (χ4n) is 2.95. The summed E-state index contributed by atoms with van der Waals surface area (Å²) in [4.78, 5) is 28.4. The van der Waals surface area contributed by atoms with Crippen LogP contribution in [0.25, 0.3) is 0 Å². The average molecular weight is 403 g/mol. The lowest BCUT2D eigenvalue weighted by Gasteiger charge is -2.20. The molecule has 1 aliphatic rings. The van der Waals surface area contributed by atoms with Crippen molar-refractivity contribution in [3.05, 3.63) is 58.1 Å². The predicted molar refractivity (Wildman–Crippen MR) is 99.8 cm³/mol. The molecule has 6 heteroatoms. The van der Waals surface area contributed by atoms with Crippen LogP contribution in [-0.4, -0.2) is 30.0 Å². The van der Waals surface area contributed by atoms with Gasteiger partial charge in [-0.25, -0.2) is 4.79 Å². The van der Waals surface area contributed by atoms with Crippen molar-refractivity contribution in [2.75, 3.05) is 12.0 Å². The van der Waals surface area contributed by atoms with E-state index in [-0.39, 0.29) is 18.5 Å². The number of anilines is 1. The first-order chi connectivity index (χ1) is 11.9. The second kappa shape index (κ2) is 6.88. The van der Waals surface area contributed by atoms with E-state index in [9.17, 15) is 9.59 Å². The molecule has 0 aliphatic carbocycles. The lowest BCUT2D eigenvalue weighted by molar-refractivity contribution is -0.127. The maximum Gasteiger partial charge on any atom is 0.332 e. The van der Waals surface area contributed by atoms with Gasteiger partial charge in [0.15, 0.2) is 0 Å². The summed E-state index contributed by atoms with van der Waals surface area (Å²) in [6.07, 6.45) is 0. The first kappa shape index (κ1) is 17.5. The van der Waals surface area contributed by atoms with Gasteiger partial charge in [-0.1, -0.05) is 33.6 Å². The standard InChI is InChI=1S/C19H19BrN2O3/c1-12-4-7-16(8-5-12)22-13(2)18(23)21(19(22)24)11-14-10-15(20)6-9-17(14)25-3/h4-10,13H,11H2,1-3H3/t13-/m0/s1. The van der Waals surface area contributed by atoms with E-state index in [1.807, 2.05) is 49.4 Å². The fraction of sp³-hybridized carbons (Fsp3) is 0.263. The number of hydrogen-bond donors (Lipinski definition) is 0. The number of amides is 3. The van der Waals surface area contributed by atoms with Crippen LogP contribution in [-0.2, 0) is 11.3 Å². The second-order valence-corrected chi connectivity index (χ2v) is 6.96. The SMILES string of the molecule is COc1ccc(Br)cc1CN1C(=O)[C@H](C)N(c2ccc(C)cc2)C1=O. The zero-order valence-electron chi connectivity index (χ0n) is 14.3. The van der Waals surface area contributed by atoms with Gasteiger partial charge in [0.2, 0.25) is 0 Å². The Labute approximate surface area is 155 Å². The van der Waals surface area contributed by atoms with Crippen LogP contribution >= 0.6 is 15.9 Å². The molecule has 1 atom stereocenters. The number of methoxy groups -OCH3 is 1. The highest BCUT2D eigenvalue weighted by molar-refractivity contribution is 9.10. The number of benzene rings is 2. The van der Waals surface area contributed by atoms with Crippen LogP contribution < -0.4 is 9.64 Å². The lowest BCUT2D eigenvalue weighted by atomic mass is 10.2. The van der Waals surface area contributed by atoms with Gasteiger partial charge in [0.25, 0.3) is 5.91 Å². The largest absolute Gasteiger partial charge is 0.496 e. The summed E-state index contributed by atoms with van der Waals surface area (Å²) in [6.45, 7) is 3.90. The van der Waals surface area contributed by atoms with Crippen molar-refractivity contribution in [1.29, 1.82) is 0 Å². The van der Waals surface area contributed by atoms with E-state index < -0.39 is 6.04 Å². The lowest BCUT2D eigenvalue weighted by Crippen LogP contribution is -2.33. The zero-order valence-corrected chi connectivity index (χ0v) is 15.9. The highest BCUT2D eigenvalue weighted by Crippen LogP contribution is 2.30. The third-order valence-corrected chi connectivity index (χ3v) is 4.82. The number of nitrogens with zero attached hydrogens (tertiary/aromatic N) is 2. The van der Waals surface area contributed by atoms with Crippen LogP contribution in [0.15, 0.2) is 46.9 Å². The van der Waals surface area contributed by atoms with E-state index in [0.29, 0.717) is 5.75 Å². The maximum absolute atomic E-state index is 12.9. The number of rotatable bonds is 4. The van der Waals surface area contributed by atoms with Gasteiger partial charge >= 0.3 is 6.03 Å². The molecular weight excluding hydrogens is 384 g/mol. The Bertz CT molecular complexity index is 820. The van der Waals surface area contributed by atoms with Gasteiger partial charge < -0.3 is 4.74 Å². The van der Waals surface area contributed by atoms with Crippen molar-refractivity contribution in [2.45, 2.75) is 26.4 Å². The quantitative estimate of drug-likeness (QED) is 0.722. The zero-order chi connectivity index (χ0) is 18.1. The summed E-state index contributed by atoms with van der Waals surface area (Å²) >= 11 is 3.42. The first-order valence-electron chi connectivity index (χ1n) is 7.96. The molecule has 3 rings (SSSR count). The molecule has 1 fully saturated rings. The normalized spacial score (nSPS) is 17.4. The minimum Gasteiger partial charge on any atom is -0.496 e. The highest BCUT2D eigenvalue weighted by Gasteiger charge is 2.43. The van der Waals surface area contributed by atoms with Gasteiger partial charge in [-0.3, -0.25) is 14.6 Å². The minimum atomic E-state index is -0.534. The number of imide groups is 1. The third kappa shape index (κ3) is 3.26. The molecule has 2 aromatic carbocycles. The average Bonchev–Trinajstić information content (AvgIpc) is 2.80. The van der Waals surface area contributed by atoms with Gasteiger partial charge in [-0.15, -0.1) is 0 Å². The summed E-state index contributed by atoms with van der Waals surface area (Å²) in [7, 11) is 1.57. The van der Waals surface area contributed by atoms with Gasteiger partial charge in [-0.2, -0.15) is 0 Å². The molecular formula is C19H19BrN2O3. The molecule has 0 unspecified atom stereocenters. The minimum absolute atomic E-state index is 0.174. The molecule has 25 heavy (non-hydrogen) atoms. The number of urea groups is 1. The van der Waals surface area contributed by atoms with E-state index in [0.717, 1.165) is 21.3 Å². The second-order valence-electron chi connectivity index (χ2n) is 6.04. The van der Waals surface area contributed by atoms with Crippen molar-refractivity contribution in [2.24, 2.45) is 0 Å². The number of ether oxygens (including phenoxy) is 1. The number of carbonyl (C=O) groups is 2. The molecule has 5 nitrogen and oxygen atoms in total. The van der Waals surface area contributed by atoms with E-state index in [2.05, 4.69) is 15.9 Å². The van der Waals surface area contributed by atoms with Crippen LogP contribution in [0.1, 0.15) is 18.1 Å². The molecule has 1 saturated heterocycles.